The normalized spacial score (nSPS) is 10.4. The van der Waals surface area contributed by atoms with Crippen molar-refractivity contribution >= 4 is 34.9 Å². The monoisotopic (exact) mass is 281 g/mol. The summed E-state index contributed by atoms with van der Waals surface area (Å²) in [4.78, 5) is 0. The van der Waals surface area contributed by atoms with Crippen molar-refractivity contribution in [1.29, 1.82) is 0 Å². The summed E-state index contributed by atoms with van der Waals surface area (Å²) in [6.45, 7) is 4.46. The second-order valence-electron chi connectivity index (χ2n) is 4.58. The highest BCUT2D eigenvalue weighted by atomic mass is 32.1. The van der Waals surface area contributed by atoms with Crippen molar-refractivity contribution < 1.29 is 0 Å². The zero-order valence-corrected chi connectivity index (χ0v) is 13.0. The Morgan fingerprint density at radius 1 is 1.17 bits per heavy atom. The van der Waals surface area contributed by atoms with Crippen LogP contribution in [0.15, 0.2) is 18.2 Å². The molecule has 1 aromatic carbocycles. The van der Waals surface area contributed by atoms with Crippen LogP contribution in [0.5, 0.6) is 0 Å². The Kier molecular flexibility index (Phi) is 7.36. The summed E-state index contributed by atoms with van der Waals surface area (Å²) in [6.07, 6.45) is 7.19. The smallest absolute Gasteiger partial charge is 0.135 e. The zero-order valence-electron chi connectivity index (χ0n) is 11.3. The fraction of sp³-hybridized carbons (Fsp3) is 0.533. The van der Waals surface area contributed by atoms with Gasteiger partial charge in [-0.3, -0.25) is 0 Å². The Bertz CT molecular complexity index is 388. The number of hydrogen-bond donors (Lipinski definition) is 2. The van der Waals surface area contributed by atoms with Gasteiger partial charge < -0.3 is 5.32 Å². The average Bonchev–Trinajstić information content (AvgIpc) is 2.34. The number of aryl methyl sites for hydroxylation is 1. The maximum absolute atomic E-state index is 5.03. The molecular formula is C15H23NS2. The molecule has 0 spiro atoms. The molecule has 1 nitrogen and oxygen atoms in total. The first kappa shape index (κ1) is 15.5. The molecule has 3 heteroatoms. The Morgan fingerprint density at radius 2 is 1.83 bits per heavy atom. The van der Waals surface area contributed by atoms with Crippen molar-refractivity contribution in [2.45, 2.75) is 52.4 Å². The summed E-state index contributed by atoms with van der Waals surface area (Å²) in [5, 5.41) is 3.19. The van der Waals surface area contributed by atoms with Gasteiger partial charge >= 0.3 is 0 Å². The van der Waals surface area contributed by atoms with Crippen molar-refractivity contribution in [3.63, 3.8) is 0 Å². The van der Waals surface area contributed by atoms with Crippen molar-refractivity contribution in [3.8, 4) is 0 Å². The minimum absolute atomic E-state index is 0.542. The third-order valence-electron chi connectivity index (χ3n) is 3.09. The molecule has 0 atom stereocenters. The maximum atomic E-state index is 5.03. The molecular weight excluding hydrogens is 258 g/mol. The van der Waals surface area contributed by atoms with Crippen molar-refractivity contribution in [3.05, 3.63) is 29.3 Å². The van der Waals surface area contributed by atoms with Crippen LogP contribution in [0.3, 0.4) is 0 Å². The standard InChI is InChI=1S/C15H23NS2/c1-3-5-8-12-9-7-11-14(16-15(17)18)13(12)10-6-4-2/h7,9,11H,3-6,8,10H2,1-2H3,(H2,16,17,18). The van der Waals surface area contributed by atoms with Gasteiger partial charge in [0.05, 0.1) is 0 Å². The first-order valence-electron chi connectivity index (χ1n) is 6.79. The van der Waals surface area contributed by atoms with Crippen LogP contribution < -0.4 is 5.32 Å². The van der Waals surface area contributed by atoms with Crippen LogP contribution in [0.25, 0.3) is 0 Å². The van der Waals surface area contributed by atoms with Gasteiger partial charge in [0, 0.05) is 5.69 Å². The summed E-state index contributed by atoms with van der Waals surface area (Å²) >= 11 is 9.21. The van der Waals surface area contributed by atoms with Crippen molar-refractivity contribution in [2.75, 3.05) is 5.32 Å². The third kappa shape index (κ3) is 4.99. The molecule has 0 aliphatic rings. The van der Waals surface area contributed by atoms with Gasteiger partial charge in [-0.15, -0.1) is 12.6 Å². The summed E-state index contributed by atoms with van der Waals surface area (Å²) in [6, 6.07) is 6.45. The van der Waals surface area contributed by atoms with Gasteiger partial charge in [0.2, 0.25) is 0 Å². The number of benzene rings is 1. The molecule has 0 aromatic heterocycles. The van der Waals surface area contributed by atoms with Crippen LogP contribution in [0, 0.1) is 0 Å². The van der Waals surface area contributed by atoms with Crippen molar-refractivity contribution in [2.24, 2.45) is 0 Å². The largest absolute Gasteiger partial charge is 0.341 e. The number of anilines is 1. The van der Waals surface area contributed by atoms with Crippen LogP contribution in [0.1, 0.15) is 50.7 Å². The lowest BCUT2D eigenvalue weighted by molar-refractivity contribution is 0.759. The SMILES string of the molecule is CCCCc1cccc(NC(=S)S)c1CCCC. The molecule has 1 rings (SSSR count). The lowest BCUT2D eigenvalue weighted by Gasteiger charge is -2.15. The first-order valence-corrected chi connectivity index (χ1v) is 7.65. The van der Waals surface area contributed by atoms with Gasteiger partial charge in [-0.05, 0) is 42.9 Å². The lowest BCUT2D eigenvalue weighted by Crippen LogP contribution is -2.06. The molecule has 0 amide bonds. The van der Waals surface area contributed by atoms with Gasteiger partial charge in [0.15, 0.2) is 0 Å². The molecule has 0 fully saturated rings. The summed E-state index contributed by atoms with van der Waals surface area (Å²) < 4.78 is 0.542. The molecule has 0 aliphatic carbocycles. The van der Waals surface area contributed by atoms with E-state index in [9.17, 15) is 0 Å². The second kappa shape index (κ2) is 8.54. The van der Waals surface area contributed by atoms with E-state index >= 15 is 0 Å². The van der Waals surface area contributed by atoms with E-state index in [1.54, 1.807) is 0 Å². The van der Waals surface area contributed by atoms with E-state index < -0.39 is 0 Å². The summed E-state index contributed by atoms with van der Waals surface area (Å²) in [7, 11) is 0. The molecule has 100 valence electrons. The molecule has 0 radical (unpaired) electrons. The van der Waals surface area contributed by atoms with E-state index in [-0.39, 0.29) is 0 Å². The minimum Gasteiger partial charge on any atom is -0.341 e. The van der Waals surface area contributed by atoms with E-state index in [4.69, 9.17) is 12.2 Å². The third-order valence-corrected chi connectivity index (χ3v) is 3.31. The highest BCUT2D eigenvalue weighted by Gasteiger charge is 2.08. The molecule has 18 heavy (non-hydrogen) atoms. The van der Waals surface area contributed by atoms with E-state index in [2.05, 4.69) is 50.0 Å². The van der Waals surface area contributed by atoms with Crippen LogP contribution in [0.4, 0.5) is 5.69 Å². The van der Waals surface area contributed by atoms with Gasteiger partial charge in [-0.1, -0.05) is 51.0 Å². The summed E-state index contributed by atoms with van der Waals surface area (Å²) in [5.41, 5.74) is 4.01. The zero-order chi connectivity index (χ0) is 13.4. The molecule has 0 saturated heterocycles. The fourth-order valence-corrected chi connectivity index (χ4v) is 2.35. The van der Waals surface area contributed by atoms with Gasteiger partial charge in [0.25, 0.3) is 0 Å². The minimum atomic E-state index is 0.542. The number of thiol groups is 1. The highest BCUT2D eigenvalue weighted by molar-refractivity contribution is 8.11. The lowest BCUT2D eigenvalue weighted by atomic mass is 9.96. The van der Waals surface area contributed by atoms with E-state index in [1.807, 2.05) is 0 Å². The Labute approximate surface area is 122 Å². The van der Waals surface area contributed by atoms with Gasteiger partial charge in [0.1, 0.15) is 4.32 Å². The van der Waals surface area contributed by atoms with E-state index in [1.165, 1.54) is 36.8 Å². The number of nitrogens with one attached hydrogen (secondary N) is 1. The Morgan fingerprint density at radius 3 is 2.44 bits per heavy atom. The molecule has 0 bridgehead atoms. The first-order chi connectivity index (χ1) is 8.69. The van der Waals surface area contributed by atoms with Gasteiger partial charge in [-0.25, -0.2) is 0 Å². The molecule has 1 N–H and O–H groups in total. The maximum Gasteiger partial charge on any atom is 0.135 e. The quantitative estimate of drug-likeness (QED) is 0.539. The van der Waals surface area contributed by atoms with Crippen LogP contribution in [-0.4, -0.2) is 4.32 Å². The van der Waals surface area contributed by atoms with Crippen LogP contribution in [0.2, 0.25) is 0 Å². The number of thiocarbonyl (C=S) groups is 1. The highest BCUT2D eigenvalue weighted by Crippen LogP contribution is 2.24. The Hall–Kier alpha value is -0.540. The van der Waals surface area contributed by atoms with E-state index in [0.29, 0.717) is 4.32 Å². The van der Waals surface area contributed by atoms with Crippen LogP contribution in [-0.2, 0) is 12.8 Å². The molecule has 0 unspecified atom stereocenters. The molecule has 0 heterocycles. The fourth-order valence-electron chi connectivity index (χ4n) is 2.12. The molecule has 1 aromatic rings. The summed E-state index contributed by atoms with van der Waals surface area (Å²) in [5.74, 6) is 0. The van der Waals surface area contributed by atoms with Gasteiger partial charge in [-0.2, -0.15) is 0 Å². The topological polar surface area (TPSA) is 12.0 Å². The molecule has 0 aliphatic heterocycles. The predicted molar refractivity (Wildman–Crippen MR) is 88.9 cm³/mol. The van der Waals surface area contributed by atoms with E-state index in [0.717, 1.165) is 18.5 Å². The van der Waals surface area contributed by atoms with Crippen molar-refractivity contribution in [1.82, 2.24) is 0 Å². The average molecular weight is 281 g/mol. The second-order valence-corrected chi connectivity index (χ2v) is 5.74. The molecule has 0 saturated carbocycles. The number of hydrogen-bond acceptors (Lipinski definition) is 1. The number of unbranched alkanes of at least 4 members (excludes halogenated alkanes) is 2. The number of rotatable bonds is 7. The van der Waals surface area contributed by atoms with Crippen LogP contribution >= 0.6 is 24.8 Å². The predicted octanol–water partition coefficient (Wildman–Crippen LogP) is 5.00. The Balaban J connectivity index is 2.95.